The summed E-state index contributed by atoms with van der Waals surface area (Å²) in [7, 11) is 0. The molecule has 212 valence electrons. The van der Waals surface area contributed by atoms with Crippen LogP contribution in [0.25, 0.3) is 0 Å². The van der Waals surface area contributed by atoms with Crippen LogP contribution < -0.4 is 16.4 Å². The number of nitrogens with zero attached hydrogens (tertiary/aromatic N) is 2. The van der Waals surface area contributed by atoms with Crippen molar-refractivity contribution in [1.29, 1.82) is 0 Å². The van der Waals surface area contributed by atoms with Crippen molar-refractivity contribution in [1.82, 2.24) is 10.2 Å². The van der Waals surface area contributed by atoms with Gasteiger partial charge in [-0.05, 0) is 79.3 Å². The van der Waals surface area contributed by atoms with Gasteiger partial charge < -0.3 is 21.3 Å². The molecule has 2 aromatic carbocycles. The van der Waals surface area contributed by atoms with E-state index in [0.29, 0.717) is 27.5 Å². The molecule has 2 atom stereocenters. The van der Waals surface area contributed by atoms with Gasteiger partial charge in [0.1, 0.15) is 0 Å². The van der Waals surface area contributed by atoms with Crippen LogP contribution in [0.5, 0.6) is 0 Å². The lowest BCUT2D eigenvalue weighted by molar-refractivity contribution is -0.118. The molecular formula is C31H43Cl2N5O. The van der Waals surface area contributed by atoms with Crippen LogP contribution in [0.4, 0.5) is 5.69 Å². The highest BCUT2D eigenvalue weighted by Gasteiger charge is 2.30. The van der Waals surface area contributed by atoms with Crippen molar-refractivity contribution in [2.24, 2.45) is 22.1 Å². The van der Waals surface area contributed by atoms with Gasteiger partial charge in [0.2, 0.25) is 5.91 Å². The molecule has 1 saturated carbocycles. The summed E-state index contributed by atoms with van der Waals surface area (Å²) in [5, 5.41) is 8.26. The first kappa shape index (κ1) is 29.7. The molecule has 1 amide bonds. The molecule has 0 bridgehead atoms. The minimum atomic E-state index is -0.378. The van der Waals surface area contributed by atoms with E-state index < -0.39 is 0 Å². The Morgan fingerprint density at radius 3 is 2.41 bits per heavy atom. The van der Waals surface area contributed by atoms with E-state index in [0.717, 1.165) is 61.2 Å². The standard InChI is InChI=1S/C31H43Cl2N5O/c1-20-19-38(16-15-35-20)30(37-25-12-7-22(8-13-25)31(2,3)4)36-24-10-5-21(6-11-24)27(18-29(34)39)26-14-9-23(32)17-28(26)33/h5-6,9-11,14,17,20,22,25,27,35H,7-8,12-13,15-16,18-19H2,1-4H3,(H2,34,39)(H,36,37)/t20-,22?,25?,27?/m0/s1. The smallest absolute Gasteiger partial charge is 0.218 e. The van der Waals surface area contributed by atoms with Crippen LogP contribution in [0.3, 0.4) is 0 Å². The maximum absolute atomic E-state index is 11.9. The molecule has 0 radical (unpaired) electrons. The molecule has 6 nitrogen and oxygen atoms in total. The average Bonchev–Trinajstić information content (AvgIpc) is 2.87. The van der Waals surface area contributed by atoms with Crippen molar-refractivity contribution >= 4 is 40.8 Å². The van der Waals surface area contributed by atoms with E-state index >= 15 is 0 Å². The Morgan fingerprint density at radius 2 is 1.82 bits per heavy atom. The highest BCUT2D eigenvalue weighted by atomic mass is 35.5. The summed E-state index contributed by atoms with van der Waals surface area (Å²) in [5.41, 5.74) is 8.74. The van der Waals surface area contributed by atoms with Crippen LogP contribution in [-0.4, -0.2) is 48.5 Å². The zero-order valence-corrected chi connectivity index (χ0v) is 25.2. The number of rotatable bonds is 6. The van der Waals surface area contributed by atoms with E-state index in [2.05, 4.69) is 43.2 Å². The van der Waals surface area contributed by atoms with Gasteiger partial charge in [-0.2, -0.15) is 0 Å². The predicted molar refractivity (Wildman–Crippen MR) is 164 cm³/mol. The van der Waals surface area contributed by atoms with Gasteiger partial charge in [0.15, 0.2) is 5.96 Å². The SMILES string of the molecule is C[C@H]1CN(C(=NC2CCC(C(C)(C)C)CC2)Nc2ccc(C(CC(N)=O)c3ccc(Cl)cc3Cl)cc2)CCN1. The molecule has 1 saturated heterocycles. The second-order valence-corrected chi connectivity index (χ2v) is 13.1. The molecule has 2 fully saturated rings. The number of piperazine rings is 1. The number of nitrogens with two attached hydrogens (primary N) is 1. The number of carbonyl (C=O) groups is 1. The summed E-state index contributed by atoms with van der Waals surface area (Å²) in [5.74, 6) is 1.08. The lowest BCUT2D eigenvalue weighted by atomic mass is 9.71. The molecule has 2 aliphatic rings. The van der Waals surface area contributed by atoms with Gasteiger partial charge in [-0.15, -0.1) is 0 Å². The predicted octanol–water partition coefficient (Wildman–Crippen LogP) is 6.67. The number of nitrogens with one attached hydrogen (secondary N) is 2. The number of halogens is 2. The number of primary amides is 1. The molecule has 4 rings (SSSR count). The summed E-state index contributed by atoms with van der Waals surface area (Å²) in [6.07, 6.45) is 4.88. The van der Waals surface area contributed by atoms with Crippen molar-refractivity contribution in [2.45, 2.75) is 77.8 Å². The van der Waals surface area contributed by atoms with Crippen LogP contribution in [0.2, 0.25) is 10.0 Å². The van der Waals surface area contributed by atoms with Gasteiger partial charge in [-0.1, -0.05) is 62.2 Å². The molecule has 0 aromatic heterocycles. The number of hydrogen-bond acceptors (Lipinski definition) is 3. The van der Waals surface area contributed by atoms with Crippen molar-refractivity contribution in [3.05, 3.63) is 63.6 Å². The fraction of sp³-hybridized carbons (Fsp3) is 0.548. The van der Waals surface area contributed by atoms with E-state index in [1.807, 2.05) is 30.3 Å². The highest BCUT2D eigenvalue weighted by Crippen LogP contribution is 2.39. The minimum Gasteiger partial charge on any atom is -0.370 e. The van der Waals surface area contributed by atoms with Crippen LogP contribution in [0, 0.1) is 11.3 Å². The summed E-state index contributed by atoms with van der Waals surface area (Å²) >= 11 is 12.6. The fourth-order valence-electron chi connectivity index (χ4n) is 5.88. The number of aliphatic imine (C=N–C) groups is 1. The van der Waals surface area contributed by atoms with E-state index in [-0.39, 0.29) is 18.2 Å². The molecule has 0 spiro atoms. The third-order valence-electron chi connectivity index (χ3n) is 8.21. The summed E-state index contributed by atoms with van der Waals surface area (Å²) in [6.45, 7) is 12.1. The van der Waals surface area contributed by atoms with E-state index in [4.69, 9.17) is 33.9 Å². The molecule has 1 aliphatic carbocycles. The summed E-state index contributed by atoms with van der Waals surface area (Å²) in [4.78, 5) is 19.6. The van der Waals surface area contributed by atoms with Gasteiger partial charge in [-0.25, -0.2) is 4.99 Å². The Hall–Kier alpha value is -2.28. The number of anilines is 1. The quantitative estimate of drug-likeness (QED) is 0.267. The van der Waals surface area contributed by atoms with Gasteiger partial charge in [0.05, 0.1) is 6.04 Å². The molecule has 4 N–H and O–H groups in total. The number of guanidine groups is 1. The number of benzene rings is 2. The van der Waals surface area contributed by atoms with Crippen LogP contribution in [0.1, 0.15) is 76.8 Å². The third kappa shape index (κ3) is 8.12. The molecule has 8 heteroatoms. The molecular weight excluding hydrogens is 529 g/mol. The van der Waals surface area contributed by atoms with Crippen molar-refractivity contribution in [3.8, 4) is 0 Å². The zero-order valence-electron chi connectivity index (χ0n) is 23.6. The molecule has 1 unspecified atom stereocenters. The second-order valence-electron chi connectivity index (χ2n) is 12.3. The molecule has 2 aromatic rings. The Bertz CT molecular complexity index is 1150. The maximum Gasteiger partial charge on any atom is 0.218 e. The molecule has 1 aliphatic heterocycles. The fourth-order valence-corrected chi connectivity index (χ4v) is 6.42. The van der Waals surface area contributed by atoms with Crippen molar-refractivity contribution in [2.75, 3.05) is 25.0 Å². The lowest BCUT2D eigenvalue weighted by Crippen LogP contribution is -2.53. The minimum absolute atomic E-state index is 0.163. The van der Waals surface area contributed by atoms with Gasteiger partial charge >= 0.3 is 0 Å². The molecule has 39 heavy (non-hydrogen) atoms. The first-order valence-electron chi connectivity index (χ1n) is 14.2. The van der Waals surface area contributed by atoms with Gasteiger partial charge in [-0.3, -0.25) is 4.79 Å². The highest BCUT2D eigenvalue weighted by molar-refractivity contribution is 6.35. The average molecular weight is 573 g/mol. The van der Waals surface area contributed by atoms with E-state index in [1.54, 1.807) is 12.1 Å². The maximum atomic E-state index is 11.9. The second kappa shape index (κ2) is 12.9. The van der Waals surface area contributed by atoms with Crippen LogP contribution >= 0.6 is 23.2 Å². The first-order chi connectivity index (χ1) is 18.5. The number of hydrogen-bond donors (Lipinski definition) is 3. The summed E-state index contributed by atoms with van der Waals surface area (Å²) in [6, 6.07) is 14.3. The van der Waals surface area contributed by atoms with Crippen molar-refractivity contribution in [3.63, 3.8) is 0 Å². The van der Waals surface area contributed by atoms with Gasteiger partial charge in [0.25, 0.3) is 0 Å². The first-order valence-corrected chi connectivity index (χ1v) is 14.9. The Kier molecular flexibility index (Phi) is 9.84. The molecule has 1 heterocycles. The Morgan fingerprint density at radius 1 is 1.13 bits per heavy atom. The largest absolute Gasteiger partial charge is 0.370 e. The lowest BCUT2D eigenvalue weighted by Gasteiger charge is -2.38. The Labute approximate surface area is 243 Å². The van der Waals surface area contributed by atoms with Crippen LogP contribution in [0.15, 0.2) is 47.5 Å². The van der Waals surface area contributed by atoms with Gasteiger partial charge in [0, 0.05) is 53.7 Å². The Balaban J connectivity index is 1.55. The normalized spacial score (nSPS) is 23.4. The number of carbonyl (C=O) groups excluding carboxylic acids is 1. The topological polar surface area (TPSA) is 82.8 Å². The van der Waals surface area contributed by atoms with Crippen molar-refractivity contribution < 1.29 is 4.79 Å². The zero-order chi connectivity index (χ0) is 28.2. The van der Waals surface area contributed by atoms with E-state index in [1.165, 1.54) is 12.8 Å². The number of amides is 1. The van der Waals surface area contributed by atoms with Crippen LogP contribution in [-0.2, 0) is 4.79 Å². The third-order valence-corrected chi connectivity index (χ3v) is 8.77. The van der Waals surface area contributed by atoms with E-state index in [9.17, 15) is 4.79 Å². The monoisotopic (exact) mass is 571 g/mol. The summed E-state index contributed by atoms with van der Waals surface area (Å²) < 4.78 is 0.